The van der Waals surface area contributed by atoms with Gasteiger partial charge in [0.05, 0.1) is 10.8 Å². The van der Waals surface area contributed by atoms with Gasteiger partial charge in [0, 0.05) is 0 Å². The van der Waals surface area contributed by atoms with E-state index in [1.54, 1.807) is 0 Å². The average molecular weight is 384 g/mol. The van der Waals surface area contributed by atoms with Gasteiger partial charge in [-0.25, -0.2) is 0 Å². The molecule has 0 amide bonds. The van der Waals surface area contributed by atoms with Crippen LogP contribution in [0.25, 0.3) is 75.4 Å². The minimum Gasteiger partial charge on any atom is -0.267 e. The van der Waals surface area contributed by atoms with Gasteiger partial charge in [0.1, 0.15) is 0 Å². The van der Waals surface area contributed by atoms with Crippen LogP contribution in [0.1, 0.15) is 0 Å². The highest BCUT2D eigenvalue weighted by molar-refractivity contribution is 6.47. The normalized spacial score (nSPS) is 12.9. The van der Waals surface area contributed by atoms with E-state index >= 15 is 0 Å². The van der Waals surface area contributed by atoms with E-state index in [9.17, 15) is 9.59 Å². The lowest BCUT2D eigenvalue weighted by Gasteiger charge is -2.21. The van der Waals surface area contributed by atoms with Gasteiger partial charge >= 0.3 is 0 Å². The molecule has 0 aliphatic carbocycles. The molecule has 4 nitrogen and oxygen atoms in total. The molecule has 0 aliphatic rings. The lowest BCUT2D eigenvalue weighted by molar-refractivity contribution is 0.979. The van der Waals surface area contributed by atoms with Gasteiger partial charge in [0.15, 0.2) is 0 Å². The summed E-state index contributed by atoms with van der Waals surface area (Å²) in [5.41, 5.74) is -0.537. The van der Waals surface area contributed by atoms with Crippen LogP contribution in [-0.2, 0) is 0 Å². The molecule has 0 spiro atoms. The van der Waals surface area contributed by atoms with E-state index in [0.717, 1.165) is 32.3 Å². The average Bonchev–Trinajstić information content (AvgIpc) is 2.79. The number of nitrogens with one attached hydrogen (secondary N) is 2. The van der Waals surface area contributed by atoms with Crippen molar-refractivity contribution in [2.45, 2.75) is 0 Å². The van der Waals surface area contributed by atoms with E-state index in [2.05, 4.69) is 58.7 Å². The number of fused-ring (bicyclic) bond motifs is 3. The summed E-state index contributed by atoms with van der Waals surface area (Å²) in [6.45, 7) is 0. The van der Waals surface area contributed by atoms with Crippen molar-refractivity contribution in [1.29, 1.82) is 0 Å². The van der Waals surface area contributed by atoms with Crippen molar-refractivity contribution < 1.29 is 0 Å². The van der Waals surface area contributed by atoms with Gasteiger partial charge in [-0.3, -0.25) is 19.8 Å². The Hall–Kier alpha value is -4.18. The van der Waals surface area contributed by atoms with Crippen molar-refractivity contribution in [1.82, 2.24) is 10.2 Å². The smallest absolute Gasteiger partial charge is 0.267 e. The molecule has 2 N–H and O–H groups in total. The molecule has 0 radical (unpaired) electrons. The molecule has 0 saturated heterocycles. The molecule has 0 atom stereocenters. The topological polar surface area (TPSA) is 65.7 Å². The molecule has 1 heterocycles. The quantitative estimate of drug-likeness (QED) is 0.270. The van der Waals surface area contributed by atoms with Crippen LogP contribution < -0.4 is 11.1 Å². The molecule has 8 aromatic rings. The zero-order chi connectivity index (χ0) is 19.7. The SMILES string of the molecule is O=c1[nH][nH]c(=O)c2c3ccc4ccc5ccc6ccc7ccc(c12)c1c7c6c5c4c31. The van der Waals surface area contributed by atoms with Crippen molar-refractivity contribution >= 4 is 75.4 Å². The molecule has 138 valence electrons. The third kappa shape index (κ3) is 1.41. The first-order valence-corrected chi connectivity index (χ1v) is 9.96. The first-order chi connectivity index (χ1) is 14.7. The Morgan fingerprint density at radius 1 is 0.367 bits per heavy atom. The summed E-state index contributed by atoms with van der Waals surface area (Å²) in [7, 11) is 0. The highest BCUT2D eigenvalue weighted by atomic mass is 16.1. The third-order valence-corrected chi connectivity index (χ3v) is 6.91. The maximum Gasteiger partial charge on any atom is 0.271 e. The number of H-pyrrole nitrogens is 2. The number of hydrogen-bond acceptors (Lipinski definition) is 2. The molecule has 0 saturated carbocycles. The van der Waals surface area contributed by atoms with E-state index < -0.39 is 0 Å². The predicted molar refractivity (Wildman–Crippen MR) is 124 cm³/mol. The first kappa shape index (κ1) is 14.8. The summed E-state index contributed by atoms with van der Waals surface area (Å²) in [5, 5.41) is 19.3. The summed E-state index contributed by atoms with van der Waals surface area (Å²) in [6, 6.07) is 21.1. The molecule has 30 heavy (non-hydrogen) atoms. The van der Waals surface area contributed by atoms with Gasteiger partial charge in [-0.15, -0.1) is 0 Å². The lowest BCUT2D eigenvalue weighted by atomic mass is 9.81. The van der Waals surface area contributed by atoms with Crippen molar-refractivity contribution in [3.63, 3.8) is 0 Å². The first-order valence-electron chi connectivity index (χ1n) is 9.96. The van der Waals surface area contributed by atoms with Gasteiger partial charge in [0.25, 0.3) is 11.1 Å². The van der Waals surface area contributed by atoms with Crippen LogP contribution in [-0.4, -0.2) is 10.2 Å². The summed E-state index contributed by atoms with van der Waals surface area (Å²) in [5.74, 6) is 0. The highest BCUT2D eigenvalue weighted by Gasteiger charge is 2.23. The van der Waals surface area contributed by atoms with E-state index in [1.807, 2.05) is 12.1 Å². The number of hydrogen-bond donors (Lipinski definition) is 2. The minimum atomic E-state index is -0.268. The Morgan fingerprint density at radius 2 is 0.667 bits per heavy atom. The number of aromatic amines is 2. The fourth-order valence-corrected chi connectivity index (χ4v) is 5.78. The van der Waals surface area contributed by atoms with Gasteiger partial charge in [-0.2, -0.15) is 0 Å². The molecule has 0 bridgehead atoms. The van der Waals surface area contributed by atoms with Gasteiger partial charge in [-0.1, -0.05) is 60.7 Å². The Morgan fingerprint density at radius 3 is 1.03 bits per heavy atom. The summed E-state index contributed by atoms with van der Waals surface area (Å²) < 4.78 is 0. The second kappa shape index (κ2) is 4.52. The summed E-state index contributed by atoms with van der Waals surface area (Å²) in [4.78, 5) is 25.8. The molecule has 0 unspecified atom stereocenters. The fourth-order valence-electron chi connectivity index (χ4n) is 5.78. The van der Waals surface area contributed by atoms with E-state index in [0.29, 0.717) is 10.8 Å². The minimum absolute atomic E-state index is 0.268. The van der Waals surface area contributed by atoms with E-state index in [4.69, 9.17) is 0 Å². The molecule has 0 fully saturated rings. The molecule has 0 aliphatic heterocycles. The molecule has 8 rings (SSSR count). The molecule has 4 heteroatoms. The molecule has 7 aromatic carbocycles. The van der Waals surface area contributed by atoms with Crippen LogP contribution in [0.4, 0.5) is 0 Å². The highest BCUT2D eigenvalue weighted by Crippen LogP contribution is 2.49. The molecular formula is C26H12N2O2. The predicted octanol–water partition coefficient (Wildman–Crippen LogP) is 5.45. The number of aromatic nitrogens is 2. The van der Waals surface area contributed by atoms with Crippen LogP contribution in [0.3, 0.4) is 0 Å². The van der Waals surface area contributed by atoms with Gasteiger partial charge < -0.3 is 0 Å². The van der Waals surface area contributed by atoms with Crippen molar-refractivity contribution in [2.24, 2.45) is 0 Å². The van der Waals surface area contributed by atoms with Crippen LogP contribution in [0.5, 0.6) is 0 Å². The Kier molecular flexibility index (Phi) is 2.22. The molecular weight excluding hydrogens is 372 g/mol. The second-order valence-electron chi connectivity index (χ2n) is 8.22. The summed E-state index contributed by atoms with van der Waals surface area (Å²) in [6.07, 6.45) is 0. The fraction of sp³-hybridized carbons (Fsp3) is 0. The monoisotopic (exact) mass is 384 g/mol. The van der Waals surface area contributed by atoms with Crippen molar-refractivity contribution in [2.75, 3.05) is 0 Å². The lowest BCUT2D eigenvalue weighted by Crippen LogP contribution is -2.19. The van der Waals surface area contributed by atoms with Crippen molar-refractivity contribution in [3.8, 4) is 0 Å². The Balaban J connectivity index is 1.98. The zero-order valence-electron chi connectivity index (χ0n) is 15.6. The maximum atomic E-state index is 12.9. The van der Waals surface area contributed by atoms with Gasteiger partial charge in [0.2, 0.25) is 0 Å². The number of benzene rings is 7. The summed E-state index contributed by atoms with van der Waals surface area (Å²) >= 11 is 0. The van der Waals surface area contributed by atoms with Crippen LogP contribution in [0.15, 0.2) is 70.3 Å². The zero-order valence-corrected chi connectivity index (χ0v) is 15.6. The largest absolute Gasteiger partial charge is 0.271 e. The third-order valence-electron chi connectivity index (χ3n) is 6.91. The van der Waals surface area contributed by atoms with Crippen LogP contribution >= 0.6 is 0 Å². The second-order valence-corrected chi connectivity index (χ2v) is 8.22. The standard InChI is InChI=1S/C26H12N2O2/c29-25-23-15-9-7-13-5-3-11-1-2-12-4-6-14-8-10-16(24(23)26(30)28-27-25)22-20(14)18(12)17(11)19(13)21(15)22/h1-10H,(H,27,29)(H,28,30). The van der Waals surface area contributed by atoms with Crippen LogP contribution in [0, 0.1) is 0 Å². The van der Waals surface area contributed by atoms with E-state index in [1.165, 1.54) is 32.3 Å². The van der Waals surface area contributed by atoms with Gasteiger partial charge in [-0.05, 0) is 64.6 Å². The number of rotatable bonds is 0. The van der Waals surface area contributed by atoms with E-state index in [-0.39, 0.29) is 11.1 Å². The maximum absolute atomic E-state index is 12.9. The van der Waals surface area contributed by atoms with Crippen LogP contribution in [0.2, 0.25) is 0 Å². The Bertz CT molecular complexity index is 1930. The molecule has 1 aromatic heterocycles. The Labute approximate surface area is 167 Å². The van der Waals surface area contributed by atoms with Crippen molar-refractivity contribution in [3.05, 3.63) is 81.4 Å².